The molecule has 1 aromatic carbocycles. The summed E-state index contributed by atoms with van der Waals surface area (Å²) in [6.45, 7) is 3.48. The average molecular weight is 231 g/mol. The van der Waals surface area contributed by atoms with Gasteiger partial charge in [0, 0.05) is 0 Å². The van der Waals surface area contributed by atoms with Crippen molar-refractivity contribution in [2.45, 2.75) is 25.6 Å². The molecule has 0 aromatic heterocycles. The van der Waals surface area contributed by atoms with Gasteiger partial charge in [0.05, 0.1) is 0 Å². The molecule has 88 valence electrons. The highest BCUT2D eigenvalue weighted by Crippen LogP contribution is 2.23. The third-order valence-corrected chi connectivity index (χ3v) is 2.48. The lowest BCUT2D eigenvalue weighted by atomic mass is 10.1. The van der Waals surface area contributed by atoms with E-state index in [1.165, 1.54) is 6.08 Å². The number of nitrogens with one attached hydrogen (secondary N) is 1. The number of benzene rings is 1. The lowest BCUT2D eigenvalue weighted by Gasteiger charge is -2.14. The van der Waals surface area contributed by atoms with Gasteiger partial charge in [-0.15, -0.1) is 5.48 Å². The summed E-state index contributed by atoms with van der Waals surface area (Å²) in [5.41, 5.74) is 2.99. The number of rotatable bonds is 3. The van der Waals surface area contributed by atoms with Crippen LogP contribution < -0.4 is 5.48 Å². The minimum Gasteiger partial charge on any atom is -0.388 e. The van der Waals surface area contributed by atoms with Gasteiger partial charge in [-0.25, -0.2) is 9.79 Å². The number of hydroxylamine groups is 1. The molecule has 2 rings (SSSR count). The SMILES string of the molecule is CC(C)(N=C=O)C1=NC(c2ccccc2)NO1. The molecule has 5 nitrogen and oxygen atoms in total. The van der Waals surface area contributed by atoms with Gasteiger partial charge in [0.25, 0.3) is 0 Å². The van der Waals surface area contributed by atoms with Crippen molar-refractivity contribution < 1.29 is 9.63 Å². The molecule has 0 radical (unpaired) electrons. The number of carbonyl (C=O) groups excluding carboxylic acids is 1. The third kappa shape index (κ3) is 2.41. The molecule has 1 aliphatic rings. The molecule has 1 atom stereocenters. The molecule has 0 aliphatic carbocycles. The lowest BCUT2D eigenvalue weighted by Crippen LogP contribution is -2.31. The van der Waals surface area contributed by atoms with Gasteiger partial charge in [-0.05, 0) is 19.4 Å². The molecule has 1 aromatic rings. The normalized spacial score (nSPS) is 19.2. The molecule has 0 spiro atoms. The summed E-state index contributed by atoms with van der Waals surface area (Å²) in [4.78, 5) is 23.6. The number of hydrogen-bond acceptors (Lipinski definition) is 5. The summed E-state index contributed by atoms with van der Waals surface area (Å²) in [7, 11) is 0. The Kier molecular flexibility index (Phi) is 3.04. The Morgan fingerprint density at radius 1 is 1.41 bits per heavy atom. The van der Waals surface area contributed by atoms with Crippen LogP contribution >= 0.6 is 0 Å². The van der Waals surface area contributed by atoms with Gasteiger partial charge in [0.2, 0.25) is 12.0 Å². The Balaban J connectivity index is 2.23. The van der Waals surface area contributed by atoms with Crippen molar-refractivity contribution in [3.8, 4) is 0 Å². The van der Waals surface area contributed by atoms with Crippen molar-refractivity contribution in [2.75, 3.05) is 0 Å². The second-order valence-corrected chi connectivity index (χ2v) is 4.23. The molecule has 0 saturated carbocycles. The first-order valence-corrected chi connectivity index (χ1v) is 5.28. The Morgan fingerprint density at radius 2 is 2.12 bits per heavy atom. The molecular formula is C12H13N3O2. The second kappa shape index (κ2) is 4.49. The number of aliphatic imine (C=N–C) groups is 2. The van der Waals surface area contributed by atoms with E-state index in [0.29, 0.717) is 5.90 Å². The lowest BCUT2D eigenvalue weighted by molar-refractivity contribution is 0.167. The smallest absolute Gasteiger partial charge is 0.239 e. The van der Waals surface area contributed by atoms with Crippen LogP contribution in [0.5, 0.6) is 0 Å². The monoisotopic (exact) mass is 231 g/mol. The van der Waals surface area contributed by atoms with Crippen LogP contribution in [0.2, 0.25) is 0 Å². The number of nitrogens with zero attached hydrogens (tertiary/aromatic N) is 2. The first-order chi connectivity index (χ1) is 8.13. The van der Waals surface area contributed by atoms with Crippen LogP contribution in [-0.4, -0.2) is 17.5 Å². The number of isocyanates is 1. The summed E-state index contributed by atoms with van der Waals surface area (Å²) in [6.07, 6.45) is 1.27. The first-order valence-electron chi connectivity index (χ1n) is 5.28. The highest BCUT2D eigenvalue weighted by molar-refractivity contribution is 5.87. The fourth-order valence-electron chi connectivity index (χ4n) is 1.50. The van der Waals surface area contributed by atoms with E-state index in [0.717, 1.165) is 5.56 Å². The van der Waals surface area contributed by atoms with Crippen LogP contribution in [0.4, 0.5) is 0 Å². The maximum Gasteiger partial charge on any atom is 0.239 e. The van der Waals surface area contributed by atoms with Crippen LogP contribution in [-0.2, 0) is 9.63 Å². The standard InChI is InChI=1S/C12H13N3O2/c1-12(2,13-8-16)11-14-10(15-17-11)9-6-4-3-5-7-9/h3-7,10,15H,1-2H3. The summed E-state index contributed by atoms with van der Waals surface area (Å²) in [5, 5.41) is 0. The Morgan fingerprint density at radius 3 is 2.76 bits per heavy atom. The molecule has 1 N–H and O–H groups in total. The summed E-state index contributed by atoms with van der Waals surface area (Å²) < 4.78 is 0. The Hall–Kier alpha value is -1.97. The average Bonchev–Trinajstić information content (AvgIpc) is 2.80. The molecule has 5 heteroatoms. The maximum absolute atomic E-state index is 10.3. The molecule has 1 unspecified atom stereocenters. The summed E-state index contributed by atoms with van der Waals surface area (Å²) >= 11 is 0. The van der Waals surface area contributed by atoms with E-state index in [-0.39, 0.29) is 6.17 Å². The van der Waals surface area contributed by atoms with Gasteiger partial charge in [-0.2, -0.15) is 4.99 Å². The highest BCUT2D eigenvalue weighted by Gasteiger charge is 2.33. The van der Waals surface area contributed by atoms with Gasteiger partial charge < -0.3 is 4.84 Å². The largest absolute Gasteiger partial charge is 0.388 e. The zero-order chi connectivity index (χ0) is 12.3. The topological polar surface area (TPSA) is 63.0 Å². The fourth-order valence-corrected chi connectivity index (χ4v) is 1.50. The minimum atomic E-state index is -0.793. The van der Waals surface area contributed by atoms with E-state index < -0.39 is 5.54 Å². The second-order valence-electron chi connectivity index (χ2n) is 4.23. The minimum absolute atomic E-state index is 0.257. The van der Waals surface area contributed by atoms with Crippen LogP contribution in [0, 0.1) is 0 Å². The zero-order valence-electron chi connectivity index (χ0n) is 9.68. The van der Waals surface area contributed by atoms with Gasteiger partial charge >= 0.3 is 0 Å². The van der Waals surface area contributed by atoms with Gasteiger partial charge in [-0.3, -0.25) is 0 Å². The highest BCUT2D eigenvalue weighted by atomic mass is 16.7. The predicted molar refractivity (Wildman–Crippen MR) is 63.0 cm³/mol. The summed E-state index contributed by atoms with van der Waals surface area (Å²) in [5.74, 6) is 0.384. The van der Waals surface area contributed by atoms with E-state index >= 15 is 0 Å². The zero-order valence-corrected chi connectivity index (χ0v) is 9.68. The first kappa shape index (κ1) is 11.5. The molecule has 0 amide bonds. The van der Waals surface area contributed by atoms with Crippen molar-refractivity contribution in [1.29, 1.82) is 0 Å². The summed E-state index contributed by atoms with van der Waals surface area (Å²) in [6, 6.07) is 9.69. The van der Waals surface area contributed by atoms with Gasteiger partial charge in [0.1, 0.15) is 5.54 Å². The third-order valence-electron chi connectivity index (χ3n) is 2.48. The predicted octanol–water partition coefficient (Wildman–Crippen LogP) is 1.73. The van der Waals surface area contributed by atoms with Crippen LogP contribution in [0.1, 0.15) is 25.6 Å². The fraction of sp³-hybridized carbons (Fsp3) is 0.333. The van der Waals surface area contributed by atoms with Gasteiger partial charge in [-0.1, -0.05) is 30.3 Å². The molecule has 1 heterocycles. The maximum atomic E-state index is 10.3. The van der Waals surface area contributed by atoms with Crippen molar-refractivity contribution in [3.63, 3.8) is 0 Å². The van der Waals surface area contributed by atoms with E-state index in [2.05, 4.69) is 15.5 Å². The molecule has 0 bridgehead atoms. The van der Waals surface area contributed by atoms with Crippen LogP contribution in [0.3, 0.4) is 0 Å². The van der Waals surface area contributed by atoms with Crippen molar-refractivity contribution in [1.82, 2.24) is 5.48 Å². The van der Waals surface area contributed by atoms with E-state index in [1.54, 1.807) is 13.8 Å². The van der Waals surface area contributed by atoms with E-state index in [9.17, 15) is 4.79 Å². The van der Waals surface area contributed by atoms with E-state index in [1.807, 2.05) is 30.3 Å². The quantitative estimate of drug-likeness (QED) is 0.636. The molecular weight excluding hydrogens is 218 g/mol. The molecule has 0 saturated heterocycles. The molecule has 1 aliphatic heterocycles. The van der Waals surface area contributed by atoms with Crippen molar-refractivity contribution in [2.24, 2.45) is 9.98 Å². The van der Waals surface area contributed by atoms with E-state index in [4.69, 9.17) is 4.84 Å². The van der Waals surface area contributed by atoms with Crippen LogP contribution in [0.15, 0.2) is 40.3 Å². The van der Waals surface area contributed by atoms with Crippen molar-refractivity contribution in [3.05, 3.63) is 35.9 Å². The van der Waals surface area contributed by atoms with Crippen molar-refractivity contribution >= 4 is 12.0 Å². The molecule has 0 fully saturated rings. The Labute approximate surface area is 99.2 Å². The van der Waals surface area contributed by atoms with Gasteiger partial charge in [0.15, 0.2) is 6.17 Å². The van der Waals surface area contributed by atoms with Crippen LogP contribution in [0.25, 0.3) is 0 Å². The number of hydrogen-bond donors (Lipinski definition) is 1. The Bertz CT molecular complexity index is 476. The molecule has 17 heavy (non-hydrogen) atoms.